The molecule has 1 rings (SSSR count). The third kappa shape index (κ3) is 6.16. The maximum Gasteiger partial charge on any atom is 0.410 e. The minimum absolute atomic E-state index is 0.151. The van der Waals surface area contributed by atoms with Crippen molar-refractivity contribution in [2.24, 2.45) is 11.8 Å². The summed E-state index contributed by atoms with van der Waals surface area (Å²) in [6.07, 6.45) is -0.496. The third-order valence-electron chi connectivity index (χ3n) is 4.01. The second-order valence-electron chi connectivity index (χ2n) is 7.16. The first-order chi connectivity index (χ1) is 12.1. The van der Waals surface area contributed by atoms with Gasteiger partial charge in [0.15, 0.2) is 5.92 Å². The highest BCUT2D eigenvalue weighted by molar-refractivity contribution is 5.95. The standard InChI is InChI=1S/C18H31NO7/c1-7-24-15(20)14(16(21)25-8-2)12(3)13-11-23-10-9-19(13)17(22)26-18(4,5)6/h12-14H,7-11H2,1-6H3/t12-,13+/m1/s1. The van der Waals surface area contributed by atoms with E-state index in [0.29, 0.717) is 13.2 Å². The van der Waals surface area contributed by atoms with E-state index in [4.69, 9.17) is 18.9 Å². The molecule has 0 bridgehead atoms. The van der Waals surface area contributed by atoms with E-state index in [9.17, 15) is 14.4 Å². The maximum absolute atomic E-state index is 12.6. The number of carbonyl (C=O) groups excluding carboxylic acids is 3. The summed E-state index contributed by atoms with van der Waals surface area (Å²) >= 11 is 0. The fraction of sp³-hybridized carbons (Fsp3) is 0.833. The molecule has 1 saturated heterocycles. The molecular formula is C18H31NO7. The summed E-state index contributed by atoms with van der Waals surface area (Å²) in [6.45, 7) is 11.6. The number of amides is 1. The molecule has 0 saturated carbocycles. The van der Waals surface area contributed by atoms with Gasteiger partial charge >= 0.3 is 18.0 Å². The fourth-order valence-electron chi connectivity index (χ4n) is 2.82. The van der Waals surface area contributed by atoms with Crippen molar-refractivity contribution in [3.8, 4) is 0 Å². The molecular weight excluding hydrogens is 342 g/mol. The molecule has 150 valence electrons. The SMILES string of the molecule is CCOC(=O)C(C(=O)OCC)[C@H](C)[C@@H]1COCCN1C(=O)OC(C)(C)C. The zero-order valence-corrected chi connectivity index (χ0v) is 16.6. The lowest BCUT2D eigenvalue weighted by Gasteiger charge is -2.40. The number of morpholine rings is 1. The summed E-state index contributed by atoms with van der Waals surface area (Å²) in [6, 6.07) is -0.502. The van der Waals surface area contributed by atoms with Gasteiger partial charge in [0, 0.05) is 12.5 Å². The van der Waals surface area contributed by atoms with Crippen molar-refractivity contribution >= 4 is 18.0 Å². The zero-order valence-electron chi connectivity index (χ0n) is 16.6. The molecule has 0 aromatic heterocycles. The Morgan fingerprint density at radius 2 is 1.65 bits per heavy atom. The number of ether oxygens (including phenoxy) is 4. The molecule has 1 heterocycles. The Hall–Kier alpha value is -1.83. The Kier molecular flexibility index (Phi) is 8.33. The van der Waals surface area contributed by atoms with Gasteiger partial charge < -0.3 is 23.8 Å². The van der Waals surface area contributed by atoms with Crippen LogP contribution in [0, 0.1) is 11.8 Å². The summed E-state index contributed by atoms with van der Waals surface area (Å²) in [4.78, 5) is 38.8. The van der Waals surface area contributed by atoms with Gasteiger partial charge in [-0.05, 0) is 34.6 Å². The molecule has 1 fully saturated rings. The van der Waals surface area contributed by atoms with Gasteiger partial charge in [0.05, 0.1) is 32.5 Å². The first-order valence-corrected chi connectivity index (χ1v) is 9.03. The molecule has 1 aliphatic heterocycles. The van der Waals surface area contributed by atoms with E-state index in [1.807, 2.05) is 0 Å². The predicted molar refractivity (Wildman–Crippen MR) is 93.5 cm³/mol. The molecule has 0 unspecified atom stereocenters. The minimum Gasteiger partial charge on any atom is -0.465 e. The van der Waals surface area contributed by atoms with E-state index < -0.39 is 41.5 Å². The van der Waals surface area contributed by atoms with E-state index >= 15 is 0 Å². The van der Waals surface area contributed by atoms with E-state index in [1.54, 1.807) is 41.5 Å². The number of esters is 2. The van der Waals surface area contributed by atoms with Crippen LogP contribution < -0.4 is 0 Å². The van der Waals surface area contributed by atoms with Crippen LogP contribution in [0.15, 0.2) is 0 Å². The van der Waals surface area contributed by atoms with Crippen LogP contribution in [-0.2, 0) is 28.5 Å². The van der Waals surface area contributed by atoms with Crippen molar-refractivity contribution < 1.29 is 33.3 Å². The van der Waals surface area contributed by atoms with Gasteiger partial charge in [-0.25, -0.2) is 4.79 Å². The molecule has 8 heteroatoms. The van der Waals surface area contributed by atoms with Crippen LogP contribution in [0.2, 0.25) is 0 Å². The molecule has 0 N–H and O–H groups in total. The van der Waals surface area contributed by atoms with E-state index in [1.165, 1.54) is 4.90 Å². The highest BCUT2D eigenvalue weighted by Crippen LogP contribution is 2.27. The molecule has 8 nitrogen and oxygen atoms in total. The summed E-state index contributed by atoms with van der Waals surface area (Å²) in [5, 5.41) is 0. The van der Waals surface area contributed by atoms with Crippen molar-refractivity contribution in [1.29, 1.82) is 0 Å². The van der Waals surface area contributed by atoms with E-state index in [0.717, 1.165) is 0 Å². The molecule has 0 spiro atoms. The van der Waals surface area contributed by atoms with Gasteiger partial charge in [-0.3, -0.25) is 9.59 Å². The molecule has 0 aromatic rings. The Morgan fingerprint density at radius 1 is 1.12 bits per heavy atom. The van der Waals surface area contributed by atoms with Crippen molar-refractivity contribution in [2.45, 2.75) is 53.2 Å². The van der Waals surface area contributed by atoms with Gasteiger partial charge in [0.2, 0.25) is 0 Å². The maximum atomic E-state index is 12.6. The normalized spacial score (nSPS) is 19.0. The number of hydrogen-bond donors (Lipinski definition) is 0. The number of rotatable bonds is 6. The summed E-state index contributed by atoms with van der Waals surface area (Å²) in [5.74, 6) is -3.01. The minimum atomic E-state index is -1.13. The highest BCUT2D eigenvalue weighted by atomic mass is 16.6. The van der Waals surface area contributed by atoms with Crippen LogP contribution in [-0.4, -0.2) is 67.5 Å². The number of nitrogens with zero attached hydrogens (tertiary/aromatic N) is 1. The topological polar surface area (TPSA) is 91.4 Å². The smallest absolute Gasteiger partial charge is 0.410 e. The first kappa shape index (κ1) is 22.2. The van der Waals surface area contributed by atoms with Crippen LogP contribution in [0.1, 0.15) is 41.5 Å². The quantitative estimate of drug-likeness (QED) is 0.399. The third-order valence-corrected chi connectivity index (χ3v) is 4.01. The van der Waals surface area contributed by atoms with E-state index in [2.05, 4.69) is 0 Å². The average molecular weight is 373 g/mol. The van der Waals surface area contributed by atoms with Crippen molar-refractivity contribution in [3.05, 3.63) is 0 Å². The molecule has 26 heavy (non-hydrogen) atoms. The molecule has 1 amide bonds. The van der Waals surface area contributed by atoms with Gasteiger partial charge in [-0.15, -0.1) is 0 Å². The van der Waals surface area contributed by atoms with Crippen LogP contribution >= 0.6 is 0 Å². The molecule has 0 aliphatic carbocycles. The lowest BCUT2D eigenvalue weighted by molar-refractivity contribution is -0.166. The van der Waals surface area contributed by atoms with Gasteiger partial charge in [-0.2, -0.15) is 0 Å². The lowest BCUT2D eigenvalue weighted by atomic mass is 9.86. The molecule has 1 aliphatic rings. The summed E-state index contributed by atoms with van der Waals surface area (Å²) in [7, 11) is 0. The largest absolute Gasteiger partial charge is 0.465 e. The van der Waals surface area contributed by atoms with E-state index in [-0.39, 0.29) is 19.8 Å². The number of hydrogen-bond acceptors (Lipinski definition) is 7. The van der Waals surface area contributed by atoms with Crippen molar-refractivity contribution in [2.75, 3.05) is 33.0 Å². The van der Waals surface area contributed by atoms with Gasteiger partial charge in [0.25, 0.3) is 0 Å². The van der Waals surface area contributed by atoms with Gasteiger partial charge in [0.1, 0.15) is 5.60 Å². The van der Waals surface area contributed by atoms with Gasteiger partial charge in [-0.1, -0.05) is 6.92 Å². The Labute approximate surface area is 155 Å². The second-order valence-corrected chi connectivity index (χ2v) is 7.16. The van der Waals surface area contributed by atoms with Crippen LogP contribution in [0.5, 0.6) is 0 Å². The van der Waals surface area contributed by atoms with Crippen LogP contribution in [0.25, 0.3) is 0 Å². The van der Waals surface area contributed by atoms with Crippen LogP contribution in [0.4, 0.5) is 4.79 Å². The molecule has 2 atom stereocenters. The second kappa shape index (κ2) is 9.75. The first-order valence-electron chi connectivity index (χ1n) is 9.03. The highest BCUT2D eigenvalue weighted by Gasteiger charge is 2.44. The monoisotopic (exact) mass is 373 g/mol. The Balaban J connectivity index is 3.04. The van der Waals surface area contributed by atoms with Crippen LogP contribution in [0.3, 0.4) is 0 Å². The summed E-state index contributed by atoms with van der Waals surface area (Å²) in [5.41, 5.74) is -0.648. The number of carbonyl (C=O) groups is 3. The predicted octanol–water partition coefficient (Wildman–Crippen LogP) is 2.00. The molecule has 0 radical (unpaired) electrons. The molecule has 0 aromatic carbocycles. The Morgan fingerprint density at radius 3 is 2.12 bits per heavy atom. The van der Waals surface area contributed by atoms with Crippen molar-refractivity contribution in [3.63, 3.8) is 0 Å². The summed E-state index contributed by atoms with van der Waals surface area (Å²) < 4.78 is 21.0. The fourth-order valence-corrected chi connectivity index (χ4v) is 2.82. The zero-order chi connectivity index (χ0) is 19.9. The van der Waals surface area contributed by atoms with Crippen molar-refractivity contribution in [1.82, 2.24) is 4.90 Å². The average Bonchev–Trinajstić information content (AvgIpc) is 2.54. The lowest BCUT2D eigenvalue weighted by Crippen LogP contribution is -2.55. The Bertz CT molecular complexity index is 482.